The third-order valence-electron chi connectivity index (χ3n) is 3.65. The van der Waals surface area contributed by atoms with E-state index in [1.165, 1.54) is 0 Å². The quantitative estimate of drug-likeness (QED) is 0.658. The van der Waals surface area contributed by atoms with Crippen molar-refractivity contribution in [2.75, 3.05) is 6.54 Å². The summed E-state index contributed by atoms with van der Waals surface area (Å²) in [5.74, 6) is 0.463. The number of carbonyl (C=O) groups is 1. The minimum absolute atomic E-state index is 0.150. The fraction of sp³-hybridized carbons (Fsp3) is 0.158. The molecule has 7 heteroatoms. The topological polar surface area (TPSA) is 56.2 Å². The summed E-state index contributed by atoms with van der Waals surface area (Å²) in [4.78, 5) is 12.3. The molecule has 1 heterocycles. The highest BCUT2D eigenvalue weighted by atomic mass is 35.5. The molecule has 0 fully saturated rings. The van der Waals surface area contributed by atoms with Gasteiger partial charge in [-0.05, 0) is 29.8 Å². The third-order valence-corrected chi connectivity index (χ3v) is 4.16. The molecule has 1 aromatic heterocycles. The average molecular weight is 390 g/mol. The zero-order valence-electron chi connectivity index (χ0n) is 13.9. The lowest BCUT2D eigenvalue weighted by Gasteiger charge is -2.10. The van der Waals surface area contributed by atoms with E-state index in [0.717, 1.165) is 5.56 Å². The van der Waals surface area contributed by atoms with Crippen LogP contribution in [0.5, 0.6) is 5.75 Å². The van der Waals surface area contributed by atoms with Crippen LogP contribution in [0.25, 0.3) is 0 Å². The van der Waals surface area contributed by atoms with Crippen molar-refractivity contribution in [2.45, 2.75) is 13.2 Å². The van der Waals surface area contributed by atoms with Gasteiger partial charge in [0.25, 0.3) is 5.91 Å². The molecule has 0 bridgehead atoms. The van der Waals surface area contributed by atoms with Crippen LogP contribution >= 0.6 is 23.2 Å². The normalized spacial score (nSPS) is 10.5. The van der Waals surface area contributed by atoms with Crippen molar-refractivity contribution in [3.63, 3.8) is 0 Å². The summed E-state index contributed by atoms with van der Waals surface area (Å²) in [5, 5.41) is 8.06. The highest BCUT2D eigenvalue weighted by molar-refractivity contribution is 6.32. The number of benzene rings is 2. The molecule has 0 atom stereocenters. The van der Waals surface area contributed by atoms with E-state index in [2.05, 4.69) is 10.4 Å². The highest BCUT2D eigenvalue weighted by Crippen LogP contribution is 2.24. The van der Waals surface area contributed by atoms with Crippen molar-refractivity contribution in [2.24, 2.45) is 0 Å². The fourth-order valence-corrected chi connectivity index (χ4v) is 2.72. The Morgan fingerprint density at radius 3 is 2.77 bits per heavy atom. The standard InChI is InChI=1S/C19H17Cl2N3O2/c20-16-11-23-24(12-16)9-8-22-19(25)15-5-3-4-14(10-15)13-26-18-7-2-1-6-17(18)21/h1-7,10-12H,8-9,13H2,(H,22,25). The number of ether oxygens (including phenoxy) is 1. The Balaban J connectivity index is 1.54. The first-order valence-corrected chi connectivity index (χ1v) is 8.80. The summed E-state index contributed by atoms with van der Waals surface area (Å²) >= 11 is 11.9. The van der Waals surface area contributed by atoms with E-state index < -0.39 is 0 Å². The number of rotatable bonds is 7. The molecule has 3 aromatic rings. The van der Waals surface area contributed by atoms with Crippen LogP contribution in [-0.4, -0.2) is 22.2 Å². The van der Waals surface area contributed by atoms with Gasteiger partial charge in [-0.1, -0.05) is 47.5 Å². The van der Waals surface area contributed by atoms with Gasteiger partial charge >= 0.3 is 0 Å². The zero-order chi connectivity index (χ0) is 18.4. The smallest absolute Gasteiger partial charge is 0.251 e. The predicted molar refractivity (Wildman–Crippen MR) is 102 cm³/mol. The van der Waals surface area contributed by atoms with Crippen LogP contribution in [0, 0.1) is 0 Å². The van der Waals surface area contributed by atoms with Crippen molar-refractivity contribution < 1.29 is 9.53 Å². The van der Waals surface area contributed by atoms with Gasteiger partial charge in [0.05, 0.1) is 22.8 Å². The average Bonchev–Trinajstić information content (AvgIpc) is 3.06. The predicted octanol–water partition coefficient (Wildman–Crippen LogP) is 4.20. The Bertz CT molecular complexity index is 896. The summed E-state index contributed by atoms with van der Waals surface area (Å²) in [5.41, 5.74) is 1.46. The number of amides is 1. The Kier molecular flexibility index (Phi) is 6.15. The lowest BCUT2D eigenvalue weighted by molar-refractivity contribution is 0.0951. The number of hydrogen-bond donors (Lipinski definition) is 1. The van der Waals surface area contributed by atoms with E-state index in [0.29, 0.717) is 41.1 Å². The highest BCUT2D eigenvalue weighted by Gasteiger charge is 2.07. The Morgan fingerprint density at radius 1 is 1.15 bits per heavy atom. The summed E-state index contributed by atoms with van der Waals surface area (Å²) < 4.78 is 7.39. The van der Waals surface area contributed by atoms with Crippen LogP contribution in [0.15, 0.2) is 60.9 Å². The molecule has 5 nitrogen and oxygen atoms in total. The number of nitrogens with zero attached hydrogens (tertiary/aromatic N) is 2. The monoisotopic (exact) mass is 389 g/mol. The van der Waals surface area contributed by atoms with Gasteiger partial charge in [0.1, 0.15) is 12.4 Å². The SMILES string of the molecule is O=C(NCCn1cc(Cl)cn1)c1cccc(COc2ccccc2Cl)c1. The summed E-state index contributed by atoms with van der Waals surface area (Å²) in [7, 11) is 0. The van der Waals surface area contributed by atoms with Crippen molar-refractivity contribution in [1.29, 1.82) is 0 Å². The number of hydrogen-bond acceptors (Lipinski definition) is 3. The van der Waals surface area contributed by atoms with Gasteiger partial charge in [-0.3, -0.25) is 9.48 Å². The number of nitrogens with one attached hydrogen (secondary N) is 1. The Labute approximate surface area is 161 Å². The van der Waals surface area contributed by atoms with Crippen LogP contribution in [0.3, 0.4) is 0 Å². The van der Waals surface area contributed by atoms with E-state index in [1.54, 1.807) is 41.3 Å². The second-order valence-electron chi connectivity index (χ2n) is 5.60. The van der Waals surface area contributed by atoms with E-state index in [1.807, 2.05) is 24.3 Å². The molecule has 0 unspecified atom stereocenters. The van der Waals surface area contributed by atoms with Gasteiger partial charge in [-0.15, -0.1) is 0 Å². The van der Waals surface area contributed by atoms with Gasteiger partial charge in [0.15, 0.2) is 0 Å². The zero-order valence-corrected chi connectivity index (χ0v) is 15.4. The van der Waals surface area contributed by atoms with Gasteiger partial charge in [-0.25, -0.2) is 0 Å². The second-order valence-corrected chi connectivity index (χ2v) is 6.44. The number of aromatic nitrogens is 2. The molecule has 1 N–H and O–H groups in total. The maximum Gasteiger partial charge on any atom is 0.251 e. The largest absolute Gasteiger partial charge is 0.487 e. The number of para-hydroxylation sites is 1. The molecular weight excluding hydrogens is 373 g/mol. The molecule has 0 radical (unpaired) electrons. The van der Waals surface area contributed by atoms with Crippen molar-refractivity contribution >= 4 is 29.1 Å². The Morgan fingerprint density at radius 2 is 2.00 bits per heavy atom. The van der Waals surface area contributed by atoms with Gasteiger partial charge in [-0.2, -0.15) is 5.10 Å². The minimum atomic E-state index is -0.150. The van der Waals surface area contributed by atoms with Crippen molar-refractivity contribution in [1.82, 2.24) is 15.1 Å². The van der Waals surface area contributed by atoms with Crippen molar-refractivity contribution in [3.05, 3.63) is 82.1 Å². The Hall–Kier alpha value is -2.50. The van der Waals surface area contributed by atoms with E-state index in [4.69, 9.17) is 27.9 Å². The molecule has 1 amide bonds. The summed E-state index contributed by atoms with van der Waals surface area (Å²) in [6, 6.07) is 14.6. The molecule has 0 saturated carbocycles. The maximum atomic E-state index is 12.3. The fourth-order valence-electron chi connectivity index (χ4n) is 2.37. The summed E-state index contributed by atoms with van der Waals surface area (Å²) in [6.07, 6.45) is 3.27. The van der Waals surface area contributed by atoms with E-state index in [9.17, 15) is 4.79 Å². The number of carbonyl (C=O) groups excluding carboxylic acids is 1. The van der Waals surface area contributed by atoms with Crippen LogP contribution in [0.4, 0.5) is 0 Å². The molecule has 0 spiro atoms. The lowest BCUT2D eigenvalue weighted by atomic mass is 10.1. The molecule has 0 aliphatic rings. The molecule has 134 valence electrons. The molecule has 2 aromatic carbocycles. The molecular formula is C19H17Cl2N3O2. The molecule has 0 saturated heterocycles. The van der Waals surface area contributed by atoms with Gasteiger partial charge in [0, 0.05) is 18.3 Å². The lowest BCUT2D eigenvalue weighted by Crippen LogP contribution is -2.27. The van der Waals surface area contributed by atoms with Crippen LogP contribution in [-0.2, 0) is 13.2 Å². The molecule has 0 aliphatic carbocycles. The summed E-state index contributed by atoms with van der Waals surface area (Å²) in [6.45, 7) is 1.33. The molecule has 26 heavy (non-hydrogen) atoms. The first kappa shape index (κ1) is 18.3. The third kappa shape index (κ3) is 5.00. The number of halogens is 2. The van der Waals surface area contributed by atoms with E-state index in [-0.39, 0.29) is 5.91 Å². The van der Waals surface area contributed by atoms with Crippen LogP contribution < -0.4 is 10.1 Å². The first-order valence-electron chi connectivity index (χ1n) is 8.04. The van der Waals surface area contributed by atoms with Gasteiger partial charge < -0.3 is 10.1 Å². The van der Waals surface area contributed by atoms with Gasteiger partial charge in [0.2, 0.25) is 0 Å². The first-order chi connectivity index (χ1) is 12.6. The minimum Gasteiger partial charge on any atom is -0.487 e. The molecule has 0 aliphatic heterocycles. The maximum absolute atomic E-state index is 12.3. The van der Waals surface area contributed by atoms with E-state index >= 15 is 0 Å². The molecule has 3 rings (SSSR count). The van der Waals surface area contributed by atoms with Crippen LogP contribution in [0.1, 0.15) is 15.9 Å². The second kappa shape index (κ2) is 8.74. The van der Waals surface area contributed by atoms with Crippen LogP contribution in [0.2, 0.25) is 10.0 Å². The van der Waals surface area contributed by atoms with Crippen molar-refractivity contribution in [3.8, 4) is 5.75 Å².